The van der Waals surface area contributed by atoms with E-state index in [-0.39, 0.29) is 53.9 Å². The average Bonchev–Trinajstić information content (AvgIpc) is 3.45. The smallest absolute Gasteiger partial charge is 0.245 e. The number of carbonyl (C=O) groups is 3. The number of carbonyl (C=O) groups excluding carboxylic acids is 3. The molecule has 9 nitrogen and oxygen atoms in total. The van der Waals surface area contributed by atoms with E-state index >= 15 is 0 Å². The fourth-order valence-electron chi connectivity index (χ4n) is 11.4. The van der Waals surface area contributed by atoms with Gasteiger partial charge in [-0.25, -0.2) is 0 Å². The number of nitrogens with zero attached hydrogens (tertiary/aromatic N) is 2. The van der Waals surface area contributed by atoms with Crippen LogP contribution in [0.25, 0.3) is 0 Å². The van der Waals surface area contributed by atoms with E-state index < -0.39 is 11.9 Å². The molecule has 1 heterocycles. The molecule has 0 aromatic heterocycles. The highest BCUT2D eigenvalue weighted by molar-refractivity contribution is 5.90. The third-order valence-electron chi connectivity index (χ3n) is 14.3. The molecule has 7 rings (SSSR count). The molecule has 4 saturated carbocycles. The number of aliphatic hydroxyl groups is 2. The van der Waals surface area contributed by atoms with Crippen LogP contribution < -0.4 is 10.6 Å². The highest BCUT2D eigenvalue weighted by atomic mass is 16.3. The third kappa shape index (κ3) is 7.36. The maximum Gasteiger partial charge on any atom is 0.245 e. The van der Waals surface area contributed by atoms with Gasteiger partial charge >= 0.3 is 0 Å². The van der Waals surface area contributed by atoms with Gasteiger partial charge in [0.2, 0.25) is 17.7 Å². The molecular weight excluding hydrogens is 640 g/mol. The van der Waals surface area contributed by atoms with Crippen molar-refractivity contribution in [2.45, 2.75) is 102 Å². The van der Waals surface area contributed by atoms with E-state index in [1.54, 1.807) is 0 Å². The predicted octanol–water partition coefficient (Wildman–Crippen LogP) is 3.96. The molecule has 0 spiro atoms. The predicted molar refractivity (Wildman–Crippen MR) is 196 cm³/mol. The molecule has 0 unspecified atom stereocenters. The van der Waals surface area contributed by atoms with Gasteiger partial charge in [-0.05, 0) is 97.0 Å². The van der Waals surface area contributed by atoms with E-state index in [2.05, 4.69) is 29.4 Å². The Bertz CT molecular complexity index is 1530. The van der Waals surface area contributed by atoms with Crippen LogP contribution in [-0.2, 0) is 27.2 Å². The van der Waals surface area contributed by atoms with E-state index in [0.29, 0.717) is 56.3 Å². The van der Waals surface area contributed by atoms with Crippen molar-refractivity contribution in [2.75, 3.05) is 32.7 Å². The molecule has 1 saturated heterocycles. The van der Waals surface area contributed by atoms with Crippen LogP contribution in [0.1, 0.15) is 76.3 Å². The van der Waals surface area contributed by atoms with Crippen LogP contribution in [0.15, 0.2) is 60.7 Å². The van der Waals surface area contributed by atoms with Gasteiger partial charge in [-0.3, -0.25) is 19.3 Å². The van der Waals surface area contributed by atoms with Crippen molar-refractivity contribution in [3.05, 3.63) is 71.8 Å². The second-order valence-corrected chi connectivity index (χ2v) is 17.0. The van der Waals surface area contributed by atoms with Gasteiger partial charge in [0.05, 0.1) is 25.2 Å². The fraction of sp³-hybridized carbons (Fsp3) is 0.643. The summed E-state index contributed by atoms with van der Waals surface area (Å²) >= 11 is 0. The minimum atomic E-state index is -0.748. The zero-order chi connectivity index (χ0) is 35.8. The van der Waals surface area contributed by atoms with Crippen molar-refractivity contribution in [2.24, 2.45) is 34.5 Å². The van der Waals surface area contributed by atoms with Crippen molar-refractivity contribution >= 4 is 17.7 Å². The van der Waals surface area contributed by atoms with E-state index in [9.17, 15) is 24.6 Å². The Balaban J connectivity index is 0.969. The van der Waals surface area contributed by atoms with Gasteiger partial charge in [-0.15, -0.1) is 0 Å². The number of fused-ring (bicyclic) bond motifs is 5. The highest BCUT2D eigenvalue weighted by Crippen LogP contribution is 2.66. The monoisotopic (exact) mass is 698 g/mol. The Morgan fingerprint density at radius 1 is 0.804 bits per heavy atom. The molecule has 5 aliphatic rings. The van der Waals surface area contributed by atoms with E-state index in [0.717, 1.165) is 43.2 Å². The summed E-state index contributed by atoms with van der Waals surface area (Å²) in [6.07, 6.45) is 8.64. The second kappa shape index (κ2) is 15.0. The van der Waals surface area contributed by atoms with Crippen molar-refractivity contribution < 1.29 is 24.6 Å². The topological polar surface area (TPSA) is 122 Å². The Kier molecular flexibility index (Phi) is 10.6. The van der Waals surface area contributed by atoms with Gasteiger partial charge in [-0.2, -0.15) is 0 Å². The Hall–Kier alpha value is -3.27. The van der Waals surface area contributed by atoms with Gasteiger partial charge in [0.15, 0.2) is 0 Å². The van der Waals surface area contributed by atoms with Gasteiger partial charge in [-0.1, -0.05) is 74.5 Å². The number of aliphatic hydroxyl groups excluding tert-OH is 2. The Labute approximate surface area is 303 Å². The molecule has 276 valence electrons. The SMILES string of the molecule is C[C@]12C[C@H](N3CCN(C(=O)[C@H](Cc4ccccc4)NC(=O)CNC(=O)Cc4ccccc4)CC3)[C@@H](O)C[C@@H]1CC[C@@H]1[C@@H]2CC[C@]2(C)[C@@H](O)CC[C@@H]12. The molecular formula is C42H58N4O5. The first kappa shape index (κ1) is 36.1. The number of amides is 3. The van der Waals surface area contributed by atoms with Gasteiger partial charge in [0.25, 0.3) is 0 Å². The standard InChI is InChI=1S/C42H58N4O5/c1-41-18-17-33-31(32(41)15-16-37(41)48)14-13-30-25-36(47)35(26-42(30,33)2)45-19-21-46(22-20-45)40(51)34(23-28-9-5-3-6-10-28)44-39(50)27-43-38(49)24-29-11-7-4-8-12-29/h3-12,30-37,47-48H,13-27H2,1-2H3,(H,43,49)(H,44,50)/t30-,31-,32-,33-,34-,35-,36-,37-,41-,42-/m0/s1. The van der Waals surface area contributed by atoms with E-state index in [4.69, 9.17) is 0 Å². The average molecular weight is 699 g/mol. The van der Waals surface area contributed by atoms with E-state index in [1.807, 2.05) is 65.6 Å². The number of nitrogens with one attached hydrogen (secondary N) is 2. The maximum absolute atomic E-state index is 14.0. The lowest BCUT2D eigenvalue weighted by Gasteiger charge is -2.62. The Morgan fingerprint density at radius 3 is 2.18 bits per heavy atom. The zero-order valence-electron chi connectivity index (χ0n) is 30.5. The molecule has 4 N–H and O–H groups in total. The molecule has 0 bridgehead atoms. The number of piperazine rings is 1. The molecule has 1 aliphatic heterocycles. The van der Waals surface area contributed by atoms with Crippen molar-refractivity contribution in [3.8, 4) is 0 Å². The first-order valence-electron chi connectivity index (χ1n) is 19.6. The van der Waals surface area contributed by atoms with Gasteiger partial charge in [0, 0.05) is 38.6 Å². The van der Waals surface area contributed by atoms with Crippen LogP contribution in [0.4, 0.5) is 0 Å². The normalized spacial score (nSPS) is 35.5. The number of hydrogen-bond acceptors (Lipinski definition) is 6. The first-order valence-corrected chi connectivity index (χ1v) is 19.6. The van der Waals surface area contributed by atoms with Crippen LogP contribution in [0.3, 0.4) is 0 Å². The molecule has 10 atom stereocenters. The summed E-state index contributed by atoms with van der Waals surface area (Å²) in [6.45, 7) is 7.13. The quantitative estimate of drug-likeness (QED) is 0.315. The van der Waals surface area contributed by atoms with Crippen molar-refractivity contribution in [3.63, 3.8) is 0 Å². The zero-order valence-corrected chi connectivity index (χ0v) is 30.5. The summed E-state index contributed by atoms with van der Waals surface area (Å²) in [5.74, 6) is 1.71. The third-order valence-corrected chi connectivity index (χ3v) is 14.3. The molecule has 51 heavy (non-hydrogen) atoms. The largest absolute Gasteiger partial charge is 0.393 e. The first-order chi connectivity index (χ1) is 24.5. The van der Waals surface area contributed by atoms with Crippen LogP contribution in [-0.4, -0.2) is 94.7 Å². The fourth-order valence-corrected chi connectivity index (χ4v) is 11.4. The molecule has 2 aromatic rings. The molecule has 5 fully saturated rings. The van der Waals surface area contributed by atoms with E-state index in [1.165, 1.54) is 19.3 Å². The highest BCUT2D eigenvalue weighted by Gasteiger charge is 2.61. The number of benzene rings is 2. The summed E-state index contributed by atoms with van der Waals surface area (Å²) in [4.78, 5) is 43.9. The Morgan fingerprint density at radius 2 is 1.47 bits per heavy atom. The van der Waals surface area contributed by atoms with Crippen LogP contribution >= 0.6 is 0 Å². The van der Waals surface area contributed by atoms with Crippen molar-refractivity contribution in [1.29, 1.82) is 0 Å². The number of hydrogen-bond donors (Lipinski definition) is 4. The second-order valence-electron chi connectivity index (χ2n) is 17.0. The minimum absolute atomic E-state index is 0.0644. The van der Waals surface area contributed by atoms with Crippen LogP contribution in [0, 0.1) is 34.5 Å². The lowest BCUT2D eigenvalue weighted by molar-refractivity contribution is -0.157. The summed E-state index contributed by atoms with van der Waals surface area (Å²) < 4.78 is 0. The maximum atomic E-state index is 14.0. The summed E-state index contributed by atoms with van der Waals surface area (Å²) in [5.41, 5.74) is 2.07. The summed E-state index contributed by atoms with van der Waals surface area (Å²) in [5, 5.41) is 28.1. The molecule has 3 amide bonds. The molecule has 9 heteroatoms. The lowest BCUT2D eigenvalue weighted by atomic mass is 9.44. The minimum Gasteiger partial charge on any atom is -0.393 e. The van der Waals surface area contributed by atoms with Crippen LogP contribution in [0.5, 0.6) is 0 Å². The lowest BCUT2D eigenvalue weighted by Crippen LogP contribution is -2.63. The number of rotatable bonds is 9. The summed E-state index contributed by atoms with van der Waals surface area (Å²) in [7, 11) is 0. The van der Waals surface area contributed by atoms with Crippen molar-refractivity contribution in [1.82, 2.24) is 20.4 Å². The summed E-state index contributed by atoms with van der Waals surface area (Å²) in [6, 6.07) is 18.4. The molecule has 4 aliphatic carbocycles. The van der Waals surface area contributed by atoms with Gasteiger partial charge < -0.3 is 25.7 Å². The van der Waals surface area contributed by atoms with Gasteiger partial charge in [0.1, 0.15) is 6.04 Å². The molecule has 2 aromatic carbocycles. The van der Waals surface area contributed by atoms with Crippen LogP contribution in [0.2, 0.25) is 0 Å². The molecule has 0 radical (unpaired) electrons.